The van der Waals surface area contributed by atoms with Crippen LogP contribution < -0.4 is 5.32 Å². The van der Waals surface area contributed by atoms with Gasteiger partial charge in [-0.1, -0.05) is 17.8 Å². The Bertz CT molecular complexity index is 334. The van der Waals surface area contributed by atoms with Gasteiger partial charge in [-0.25, -0.2) is 9.59 Å². The average molecular weight is 260 g/mol. The molecule has 0 aliphatic carbocycles. The van der Waals surface area contributed by atoms with Gasteiger partial charge in [0.2, 0.25) is 0 Å². The first-order valence-corrected chi connectivity index (χ1v) is 5.78. The average Bonchev–Trinajstić information content (AvgIpc) is 2.09. The third kappa shape index (κ3) is 9.43. The van der Waals surface area contributed by atoms with Crippen LogP contribution in [0.15, 0.2) is 17.6 Å². The van der Waals surface area contributed by atoms with Gasteiger partial charge in [-0.15, -0.1) is 6.58 Å². The lowest BCUT2D eigenvalue weighted by Crippen LogP contribution is -2.35. The van der Waals surface area contributed by atoms with Gasteiger partial charge in [0.1, 0.15) is 5.60 Å². The van der Waals surface area contributed by atoms with Crippen LogP contribution in [0, 0.1) is 0 Å². The van der Waals surface area contributed by atoms with E-state index in [9.17, 15) is 9.59 Å². The first-order valence-electron chi connectivity index (χ1n) is 4.80. The molecule has 0 atom stereocenters. The molecule has 0 radical (unpaired) electrons. The van der Waals surface area contributed by atoms with Crippen molar-refractivity contribution in [2.75, 3.05) is 5.75 Å². The summed E-state index contributed by atoms with van der Waals surface area (Å²) in [5.74, 6) is 0.432. The molecule has 0 saturated carbocycles. The summed E-state index contributed by atoms with van der Waals surface area (Å²) in [5.41, 5.74) is -0.651. The summed E-state index contributed by atoms with van der Waals surface area (Å²) in [6.07, 6.45) is -0.555. The number of amides is 2. The zero-order valence-electron chi connectivity index (χ0n) is 10.0. The predicted octanol–water partition coefficient (Wildman–Crippen LogP) is 2.46. The molecule has 6 nitrogen and oxygen atoms in total. The summed E-state index contributed by atoms with van der Waals surface area (Å²) in [5, 5.41) is 10.7. The molecule has 96 valence electrons. The van der Waals surface area contributed by atoms with Crippen LogP contribution in [0.4, 0.5) is 9.59 Å². The zero-order valence-corrected chi connectivity index (χ0v) is 10.8. The Balaban J connectivity index is 4.48. The van der Waals surface area contributed by atoms with E-state index in [1.165, 1.54) is 0 Å². The fourth-order valence-electron chi connectivity index (χ4n) is 0.712. The van der Waals surface area contributed by atoms with Crippen LogP contribution in [0.3, 0.4) is 0 Å². The molecule has 0 unspecified atom stereocenters. The number of nitrogens with zero attached hydrogens (tertiary/aromatic N) is 1. The Morgan fingerprint density at radius 3 is 2.53 bits per heavy atom. The van der Waals surface area contributed by atoms with E-state index in [0.717, 1.165) is 11.8 Å². The van der Waals surface area contributed by atoms with Gasteiger partial charge in [0.15, 0.2) is 5.17 Å². The Hall–Kier alpha value is -1.50. The molecular weight excluding hydrogens is 244 g/mol. The molecule has 0 aliphatic heterocycles. The molecule has 17 heavy (non-hydrogen) atoms. The highest BCUT2D eigenvalue weighted by Gasteiger charge is 2.17. The third-order valence-electron chi connectivity index (χ3n) is 1.14. The quantitative estimate of drug-likeness (QED) is 0.452. The van der Waals surface area contributed by atoms with Crippen LogP contribution in [-0.2, 0) is 4.74 Å². The topological polar surface area (TPSA) is 88.0 Å². The minimum absolute atomic E-state index is 0.0355. The smallest absolute Gasteiger partial charge is 0.433 e. The molecule has 0 aliphatic rings. The molecule has 2 amide bonds. The fraction of sp³-hybridized carbons (Fsp3) is 0.500. The fourth-order valence-corrected chi connectivity index (χ4v) is 1.29. The summed E-state index contributed by atoms with van der Waals surface area (Å²) < 4.78 is 4.97. The minimum atomic E-state index is -1.38. The van der Waals surface area contributed by atoms with Crippen LogP contribution in [-0.4, -0.2) is 33.8 Å². The van der Waals surface area contributed by atoms with E-state index in [0.29, 0.717) is 5.75 Å². The van der Waals surface area contributed by atoms with E-state index in [2.05, 4.69) is 16.9 Å². The number of carbonyl (C=O) groups is 2. The number of amidine groups is 1. The van der Waals surface area contributed by atoms with E-state index >= 15 is 0 Å². The molecular formula is C10H16N2O4S. The van der Waals surface area contributed by atoms with Gasteiger partial charge in [-0.05, 0) is 20.8 Å². The number of carboxylic acid groups (broad SMARTS) is 1. The van der Waals surface area contributed by atoms with Crippen molar-refractivity contribution in [1.29, 1.82) is 0 Å². The number of carbonyl (C=O) groups excluding carboxylic acids is 1. The minimum Gasteiger partial charge on any atom is -0.463 e. The highest BCUT2D eigenvalue weighted by molar-refractivity contribution is 8.14. The molecule has 0 aromatic heterocycles. The Labute approximate surface area is 104 Å². The van der Waals surface area contributed by atoms with Gasteiger partial charge < -0.3 is 9.84 Å². The van der Waals surface area contributed by atoms with Crippen LogP contribution >= 0.6 is 11.8 Å². The second-order valence-corrected chi connectivity index (χ2v) is 4.93. The first kappa shape index (κ1) is 15.5. The lowest BCUT2D eigenvalue weighted by atomic mass is 10.2. The van der Waals surface area contributed by atoms with Gasteiger partial charge >= 0.3 is 12.2 Å². The van der Waals surface area contributed by atoms with E-state index in [-0.39, 0.29) is 5.17 Å². The molecule has 0 aromatic carbocycles. The van der Waals surface area contributed by atoms with Crippen LogP contribution in [0.25, 0.3) is 0 Å². The summed E-state index contributed by atoms with van der Waals surface area (Å²) in [6, 6.07) is 0. The van der Waals surface area contributed by atoms with E-state index < -0.39 is 17.8 Å². The number of alkyl carbamates (subject to hydrolysis) is 1. The van der Waals surface area contributed by atoms with Crippen molar-refractivity contribution < 1.29 is 19.4 Å². The summed E-state index contributed by atoms with van der Waals surface area (Å²) in [6.45, 7) is 8.60. The van der Waals surface area contributed by atoms with Crippen molar-refractivity contribution in [1.82, 2.24) is 5.32 Å². The lowest BCUT2D eigenvalue weighted by Gasteiger charge is -2.19. The normalized spacial score (nSPS) is 11.8. The maximum atomic E-state index is 11.4. The third-order valence-corrected chi connectivity index (χ3v) is 2.01. The maximum absolute atomic E-state index is 11.4. The van der Waals surface area contributed by atoms with Crippen molar-refractivity contribution in [3.05, 3.63) is 12.7 Å². The Morgan fingerprint density at radius 1 is 1.53 bits per heavy atom. The van der Waals surface area contributed by atoms with Crippen molar-refractivity contribution in [2.24, 2.45) is 4.99 Å². The van der Waals surface area contributed by atoms with Gasteiger partial charge in [0.25, 0.3) is 0 Å². The first-order chi connectivity index (χ1) is 7.74. The number of hydrogen-bond donors (Lipinski definition) is 2. The standard InChI is InChI=1S/C10H16N2O4S/c1-5-6-17-7(11-8(13)14)12-9(15)16-10(2,3)4/h5H,1,6H2,2-4H3,(H,13,14)(H,11,12,15). The number of ether oxygens (including phenoxy) is 1. The van der Waals surface area contributed by atoms with Crippen LogP contribution in [0.5, 0.6) is 0 Å². The SMILES string of the molecule is C=CCS/C(=N/C(=O)O)NC(=O)OC(C)(C)C. The lowest BCUT2D eigenvalue weighted by molar-refractivity contribution is 0.0564. The van der Waals surface area contributed by atoms with Crippen molar-refractivity contribution >= 4 is 29.1 Å². The highest BCUT2D eigenvalue weighted by atomic mass is 32.2. The number of aliphatic imine (C=N–C) groups is 1. The molecule has 0 rings (SSSR count). The zero-order chi connectivity index (χ0) is 13.5. The number of hydrogen-bond acceptors (Lipinski definition) is 4. The van der Waals surface area contributed by atoms with E-state index in [1.807, 2.05) is 0 Å². The van der Waals surface area contributed by atoms with E-state index in [4.69, 9.17) is 9.84 Å². The molecule has 0 heterocycles. The Kier molecular flexibility index (Phi) is 6.34. The van der Waals surface area contributed by atoms with Gasteiger partial charge in [0.05, 0.1) is 0 Å². The van der Waals surface area contributed by atoms with Crippen molar-refractivity contribution in [3.63, 3.8) is 0 Å². The highest BCUT2D eigenvalue weighted by Crippen LogP contribution is 2.08. The molecule has 2 N–H and O–H groups in total. The second-order valence-electron chi connectivity index (χ2n) is 3.93. The monoisotopic (exact) mass is 260 g/mol. The maximum Gasteiger partial charge on any atom is 0.433 e. The van der Waals surface area contributed by atoms with Gasteiger partial charge in [-0.2, -0.15) is 4.99 Å². The molecule has 0 saturated heterocycles. The summed E-state index contributed by atoms with van der Waals surface area (Å²) in [7, 11) is 0. The van der Waals surface area contributed by atoms with Crippen LogP contribution in [0.2, 0.25) is 0 Å². The largest absolute Gasteiger partial charge is 0.463 e. The number of rotatable bonds is 2. The van der Waals surface area contributed by atoms with Gasteiger partial charge in [0, 0.05) is 5.75 Å². The molecule has 0 bridgehead atoms. The predicted molar refractivity (Wildman–Crippen MR) is 67.5 cm³/mol. The van der Waals surface area contributed by atoms with Crippen molar-refractivity contribution in [3.8, 4) is 0 Å². The summed E-state index contributed by atoms with van der Waals surface area (Å²) >= 11 is 1.04. The van der Waals surface area contributed by atoms with Crippen molar-refractivity contribution in [2.45, 2.75) is 26.4 Å². The van der Waals surface area contributed by atoms with E-state index in [1.54, 1.807) is 26.8 Å². The Morgan fingerprint density at radius 2 is 2.12 bits per heavy atom. The molecule has 7 heteroatoms. The molecule has 0 aromatic rings. The van der Waals surface area contributed by atoms with Crippen LogP contribution in [0.1, 0.15) is 20.8 Å². The van der Waals surface area contributed by atoms with Gasteiger partial charge in [-0.3, -0.25) is 5.32 Å². The second kappa shape index (κ2) is 6.95. The number of thioether (sulfide) groups is 1. The molecule has 0 fully saturated rings. The number of nitrogens with one attached hydrogen (secondary N) is 1. The molecule has 0 spiro atoms. The summed E-state index contributed by atoms with van der Waals surface area (Å²) in [4.78, 5) is 25.0.